The molecule has 0 amide bonds. The van der Waals surface area contributed by atoms with E-state index in [1.807, 2.05) is 24.4 Å². The number of aliphatic hydroxyl groups excluding tert-OH is 1. The normalized spacial score (nSPS) is 15.1. The maximum atomic E-state index is 9.79. The topological polar surface area (TPSA) is 41.5 Å². The summed E-state index contributed by atoms with van der Waals surface area (Å²) < 4.78 is 5.28. The molecular formula is C11H19NO2S. The van der Waals surface area contributed by atoms with Gasteiger partial charge in [-0.25, -0.2) is 0 Å². The molecule has 0 aliphatic rings. The lowest BCUT2D eigenvalue weighted by Crippen LogP contribution is -2.33. The van der Waals surface area contributed by atoms with Crippen molar-refractivity contribution < 1.29 is 9.84 Å². The lowest BCUT2D eigenvalue weighted by molar-refractivity contribution is 0.116. The molecule has 0 saturated heterocycles. The van der Waals surface area contributed by atoms with Crippen LogP contribution in [0.25, 0.3) is 0 Å². The van der Waals surface area contributed by atoms with Crippen molar-refractivity contribution in [3.8, 4) is 0 Å². The maximum Gasteiger partial charge on any atom is 0.101 e. The molecule has 0 spiro atoms. The minimum absolute atomic E-state index is 0.277. The van der Waals surface area contributed by atoms with Gasteiger partial charge in [-0.2, -0.15) is 0 Å². The summed E-state index contributed by atoms with van der Waals surface area (Å²) in [5.74, 6) is 0. The van der Waals surface area contributed by atoms with E-state index in [4.69, 9.17) is 4.74 Å². The van der Waals surface area contributed by atoms with Crippen LogP contribution in [0.4, 0.5) is 0 Å². The Hall–Kier alpha value is -0.420. The Morgan fingerprint density at radius 2 is 2.40 bits per heavy atom. The second-order valence-electron chi connectivity index (χ2n) is 3.50. The molecule has 0 aromatic carbocycles. The summed E-state index contributed by atoms with van der Waals surface area (Å²) >= 11 is 1.58. The predicted octanol–water partition coefficient (Wildman–Crippen LogP) is 1.80. The number of nitrogens with one attached hydrogen (secondary N) is 1. The summed E-state index contributed by atoms with van der Waals surface area (Å²) in [4.78, 5) is 1.01. The van der Waals surface area contributed by atoms with Crippen LogP contribution in [0.1, 0.15) is 24.8 Å². The van der Waals surface area contributed by atoms with Crippen molar-refractivity contribution in [1.82, 2.24) is 5.32 Å². The molecule has 0 aliphatic heterocycles. The summed E-state index contributed by atoms with van der Waals surface area (Å²) in [6.07, 6.45) is -0.408. The molecule has 2 atom stereocenters. The zero-order valence-electron chi connectivity index (χ0n) is 9.27. The smallest absolute Gasteiger partial charge is 0.101 e. The van der Waals surface area contributed by atoms with Crippen molar-refractivity contribution in [3.63, 3.8) is 0 Å². The lowest BCUT2D eigenvalue weighted by atomic mass is 10.2. The van der Waals surface area contributed by atoms with Crippen LogP contribution in [-0.2, 0) is 4.74 Å². The van der Waals surface area contributed by atoms with Gasteiger partial charge in [-0.15, -0.1) is 11.3 Å². The highest BCUT2D eigenvalue weighted by Crippen LogP contribution is 2.17. The average molecular weight is 229 g/mol. The van der Waals surface area contributed by atoms with Crippen molar-refractivity contribution in [1.29, 1.82) is 0 Å². The fraction of sp³-hybridized carbons (Fsp3) is 0.636. The van der Waals surface area contributed by atoms with Crippen molar-refractivity contribution in [2.45, 2.75) is 26.0 Å². The molecule has 86 valence electrons. The van der Waals surface area contributed by atoms with E-state index in [1.54, 1.807) is 11.3 Å². The zero-order chi connectivity index (χ0) is 11.1. The van der Waals surface area contributed by atoms with Crippen molar-refractivity contribution >= 4 is 11.3 Å². The van der Waals surface area contributed by atoms with Crippen LogP contribution in [-0.4, -0.2) is 30.9 Å². The third kappa shape index (κ3) is 4.75. The van der Waals surface area contributed by atoms with E-state index in [-0.39, 0.29) is 6.04 Å². The second-order valence-corrected chi connectivity index (χ2v) is 4.48. The molecule has 1 aromatic rings. The Bertz CT molecular complexity index is 251. The quantitative estimate of drug-likeness (QED) is 0.749. The highest BCUT2D eigenvalue weighted by atomic mass is 32.1. The minimum atomic E-state index is -0.408. The van der Waals surface area contributed by atoms with Crippen molar-refractivity contribution in [2.24, 2.45) is 0 Å². The highest BCUT2D eigenvalue weighted by molar-refractivity contribution is 7.10. The summed E-state index contributed by atoms with van der Waals surface area (Å²) in [7, 11) is 0. The van der Waals surface area contributed by atoms with Gasteiger partial charge in [0.05, 0.1) is 6.61 Å². The Kier molecular flexibility index (Phi) is 5.86. The molecule has 0 radical (unpaired) electrons. The van der Waals surface area contributed by atoms with E-state index in [0.29, 0.717) is 13.2 Å². The second kappa shape index (κ2) is 6.95. The Labute approximate surface area is 95.1 Å². The van der Waals surface area contributed by atoms with Gasteiger partial charge in [0.1, 0.15) is 6.10 Å². The first-order valence-corrected chi connectivity index (χ1v) is 6.14. The Morgan fingerprint density at radius 1 is 1.60 bits per heavy atom. The van der Waals surface area contributed by atoms with E-state index in [2.05, 4.69) is 12.2 Å². The first kappa shape index (κ1) is 12.6. The molecule has 15 heavy (non-hydrogen) atoms. The fourth-order valence-electron chi connectivity index (χ4n) is 1.25. The zero-order valence-corrected chi connectivity index (χ0v) is 10.1. The van der Waals surface area contributed by atoms with Gasteiger partial charge in [-0.1, -0.05) is 6.07 Å². The number of rotatable bonds is 7. The van der Waals surface area contributed by atoms with Crippen LogP contribution in [0.5, 0.6) is 0 Å². The first-order chi connectivity index (χ1) is 7.24. The van der Waals surface area contributed by atoms with Crippen molar-refractivity contribution in [2.75, 3.05) is 19.8 Å². The largest absolute Gasteiger partial charge is 0.386 e. The van der Waals surface area contributed by atoms with Crippen molar-refractivity contribution in [3.05, 3.63) is 22.4 Å². The van der Waals surface area contributed by atoms with E-state index >= 15 is 0 Å². The predicted molar refractivity (Wildman–Crippen MR) is 63.2 cm³/mol. The van der Waals surface area contributed by atoms with Gasteiger partial charge < -0.3 is 15.2 Å². The van der Waals surface area contributed by atoms with E-state index in [0.717, 1.165) is 11.5 Å². The first-order valence-electron chi connectivity index (χ1n) is 5.26. The SMILES string of the molecule is CCOCC(C)NCC(O)c1cccs1. The maximum absolute atomic E-state index is 9.79. The van der Waals surface area contributed by atoms with Crippen LogP contribution in [0, 0.1) is 0 Å². The minimum Gasteiger partial charge on any atom is -0.386 e. The highest BCUT2D eigenvalue weighted by Gasteiger charge is 2.09. The Morgan fingerprint density at radius 3 is 3.00 bits per heavy atom. The van der Waals surface area contributed by atoms with Gasteiger partial charge in [-0.3, -0.25) is 0 Å². The van der Waals surface area contributed by atoms with Gasteiger partial charge in [0.25, 0.3) is 0 Å². The molecule has 2 unspecified atom stereocenters. The molecule has 0 fully saturated rings. The summed E-state index contributed by atoms with van der Waals surface area (Å²) in [5, 5.41) is 15.0. The third-order valence-corrected chi connectivity index (χ3v) is 3.08. The van der Waals surface area contributed by atoms with Crippen LogP contribution < -0.4 is 5.32 Å². The molecule has 3 nitrogen and oxygen atoms in total. The van der Waals surface area contributed by atoms with Gasteiger partial charge in [0, 0.05) is 24.1 Å². The van der Waals surface area contributed by atoms with Gasteiger partial charge in [0.15, 0.2) is 0 Å². The molecule has 1 rings (SSSR count). The number of thiophene rings is 1. The van der Waals surface area contributed by atoms with Gasteiger partial charge in [0.2, 0.25) is 0 Å². The Balaban J connectivity index is 2.19. The molecule has 0 saturated carbocycles. The van der Waals surface area contributed by atoms with Crippen LogP contribution >= 0.6 is 11.3 Å². The third-order valence-electron chi connectivity index (χ3n) is 2.10. The molecule has 4 heteroatoms. The summed E-state index contributed by atoms with van der Waals surface area (Å²) in [6, 6.07) is 4.18. The molecule has 0 bridgehead atoms. The van der Waals surface area contributed by atoms with Gasteiger partial charge in [-0.05, 0) is 25.3 Å². The van der Waals surface area contributed by atoms with Crippen LogP contribution in [0.2, 0.25) is 0 Å². The monoisotopic (exact) mass is 229 g/mol. The fourth-order valence-corrected chi connectivity index (χ4v) is 1.96. The van der Waals surface area contributed by atoms with E-state index < -0.39 is 6.10 Å². The van der Waals surface area contributed by atoms with E-state index in [9.17, 15) is 5.11 Å². The van der Waals surface area contributed by atoms with Gasteiger partial charge >= 0.3 is 0 Å². The number of hydrogen-bond acceptors (Lipinski definition) is 4. The molecule has 0 aliphatic carbocycles. The van der Waals surface area contributed by atoms with E-state index in [1.165, 1.54) is 0 Å². The molecule has 2 N–H and O–H groups in total. The van der Waals surface area contributed by atoms with Crippen LogP contribution in [0.15, 0.2) is 17.5 Å². The lowest BCUT2D eigenvalue weighted by Gasteiger charge is -2.16. The standard InChI is InChI=1S/C11H19NO2S/c1-3-14-8-9(2)12-7-10(13)11-5-4-6-15-11/h4-6,9-10,12-13H,3,7-8H2,1-2H3. The number of ether oxygens (including phenoxy) is 1. The van der Waals surface area contributed by atoms with Crippen LogP contribution in [0.3, 0.4) is 0 Å². The number of hydrogen-bond donors (Lipinski definition) is 2. The molecule has 1 aromatic heterocycles. The molecular weight excluding hydrogens is 210 g/mol. The summed E-state index contributed by atoms with van der Waals surface area (Å²) in [6.45, 7) is 6.03. The molecule has 1 heterocycles. The summed E-state index contributed by atoms with van der Waals surface area (Å²) in [5.41, 5.74) is 0. The number of aliphatic hydroxyl groups is 1. The average Bonchev–Trinajstić information content (AvgIpc) is 2.76.